The molecule has 1 aromatic carbocycles. The van der Waals surface area contributed by atoms with Crippen LogP contribution in [0.5, 0.6) is 0 Å². The lowest BCUT2D eigenvalue weighted by atomic mass is 9.98. The molecule has 1 aliphatic carbocycles. The second-order valence-corrected chi connectivity index (χ2v) is 7.10. The number of anilines is 1. The van der Waals surface area contributed by atoms with Crippen LogP contribution in [0.2, 0.25) is 0 Å². The van der Waals surface area contributed by atoms with E-state index in [0.29, 0.717) is 0 Å². The van der Waals surface area contributed by atoms with Crippen molar-refractivity contribution in [1.82, 2.24) is 10.2 Å². The van der Waals surface area contributed by atoms with Gasteiger partial charge in [-0.25, -0.2) is 0 Å². The quantitative estimate of drug-likeness (QED) is 0.793. The van der Waals surface area contributed by atoms with Gasteiger partial charge in [-0.05, 0) is 63.8 Å². The van der Waals surface area contributed by atoms with Gasteiger partial charge in [-0.3, -0.25) is 14.5 Å². The molecule has 0 unspecified atom stereocenters. The molecule has 0 spiro atoms. The summed E-state index contributed by atoms with van der Waals surface area (Å²) in [7, 11) is 1.71. The van der Waals surface area contributed by atoms with Gasteiger partial charge in [0, 0.05) is 5.69 Å². The van der Waals surface area contributed by atoms with Crippen molar-refractivity contribution in [1.29, 1.82) is 5.26 Å². The molecule has 1 aliphatic rings. The lowest BCUT2D eigenvalue weighted by Crippen LogP contribution is -2.50. The Morgan fingerprint density at radius 2 is 1.92 bits per heavy atom. The van der Waals surface area contributed by atoms with E-state index in [1.165, 1.54) is 0 Å². The van der Waals surface area contributed by atoms with Crippen LogP contribution in [0.4, 0.5) is 5.69 Å². The van der Waals surface area contributed by atoms with E-state index in [-0.39, 0.29) is 30.8 Å². The first kappa shape index (κ1) is 18.9. The van der Waals surface area contributed by atoms with Gasteiger partial charge in [-0.15, -0.1) is 0 Å². The predicted octanol–water partition coefficient (Wildman–Crippen LogP) is 1.98. The zero-order valence-electron chi connectivity index (χ0n) is 15.3. The highest BCUT2D eigenvalue weighted by Crippen LogP contribution is 2.39. The van der Waals surface area contributed by atoms with E-state index in [9.17, 15) is 14.9 Å². The van der Waals surface area contributed by atoms with Crippen molar-refractivity contribution < 1.29 is 9.59 Å². The monoisotopic (exact) mass is 342 g/mol. The number of nitrogens with zero attached hydrogens (tertiary/aromatic N) is 2. The minimum atomic E-state index is -0.807. The number of nitrogens with one attached hydrogen (secondary N) is 2. The number of benzene rings is 1. The Morgan fingerprint density at radius 3 is 2.52 bits per heavy atom. The minimum absolute atomic E-state index is 0.0736. The van der Waals surface area contributed by atoms with Crippen LogP contribution in [0.15, 0.2) is 18.2 Å². The molecule has 1 saturated carbocycles. The van der Waals surface area contributed by atoms with Gasteiger partial charge >= 0.3 is 0 Å². The first-order valence-corrected chi connectivity index (χ1v) is 8.52. The van der Waals surface area contributed by atoms with Gasteiger partial charge < -0.3 is 10.6 Å². The van der Waals surface area contributed by atoms with E-state index < -0.39 is 5.54 Å². The highest BCUT2D eigenvalue weighted by molar-refractivity contribution is 5.93. The van der Waals surface area contributed by atoms with Crippen LogP contribution in [0, 0.1) is 31.1 Å². The molecule has 6 nitrogen and oxygen atoms in total. The Labute approximate surface area is 149 Å². The third-order valence-electron chi connectivity index (χ3n) is 4.73. The van der Waals surface area contributed by atoms with Crippen molar-refractivity contribution in [2.24, 2.45) is 5.92 Å². The fourth-order valence-electron chi connectivity index (χ4n) is 2.83. The molecule has 0 bridgehead atoms. The van der Waals surface area contributed by atoms with Crippen LogP contribution in [-0.4, -0.2) is 42.4 Å². The summed E-state index contributed by atoms with van der Waals surface area (Å²) in [6.07, 6.45) is 1.94. The molecule has 0 saturated heterocycles. The van der Waals surface area contributed by atoms with Crippen LogP contribution >= 0.6 is 0 Å². The Morgan fingerprint density at radius 1 is 1.28 bits per heavy atom. The SMILES string of the molecule is Cc1cccc(NC(=O)CN(C)CC(=O)N[C@@](C)(C#N)C2CC2)c1C. The number of hydrogen-bond donors (Lipinski definition) is 2. The van der Waals surface area contributed by atoms with E-state index in [4.69, 9.17) is 0 Å². The van der Waals surface area contributed by atoms with E-state index in [1.54, 1.807) is 18.9 Å². The first-order valence-electron chi connectivity index (χ1n) is 8.52. The van der Waals surface area contributed by atoms with Gasteiger partial charge in [-0.1, -0.05) is 12.1 Å². The fourth-order valence-corrected chi connectivity index (χ4v) is 2.83. The number of amides is 2. The molecule has 0 aliphatic heterocycles. The molecule has 6 heteroatoms. The number of hydrogen-bond acceptors (Lipinski definition) is 4. The summed E-state index contributed by atoms with van der Waals surface area (Å²) in [5, 5.41) is 15.0. The van der Waals surface area contributed by atoms with Crippen molar-refractivity contribution in [3.63, 3.8) is 0 Å². The summed E-state index contributed by atoms with van der Waals surface area (Å²) in [6, 6.07) is 7.95. The standard InChI is InChI=1S/C19H26N4O2/c1-13-6-5-7-16(14(13)2)21-17(24)10-23(4)11-18(25)22-19(3,12-20)15-8-9-15/h5-7,15H,8-11H2,1-4H3,(H,21,24)(H,22,25)/t19-/m0/s1. The van der Waals surface area contributed by atoms with Gasteiger partial charge in [0.05, 0.1) is 19.2 Å². The van der Waals surface area contributed by atoms with Crippen molar-refractivity contribution >= 4 is 17.5 Å². The molecule has 2 amide bonds. The second kappa shape index (κ2) is 7.66. The van der Waals surface area contributed by atoms with Crippen LogP contribution in [0.25, 0.3) is 0 Å². The zero-order valence-corrected chi connectivity index (χ0v) is 15.3. The highest BCUT2D eigenvalue weighted by atomic mass is 16.2. The molecule has 2 N–H and O–H groups in total. The summed E-state index contributed by atoms with van der Waals surface area (Å²) >= 11 is 0. The molecule has 1 aromatic rings. The summed E-state index contributed by atoms with van der Waals surface area (Å²) in [5.74, 6) is -0.174. The third kappa shape index (κ3) is 5.04. The number of carbonyl (C=O) groups is 2. The molecule has 0 heterocycles. The van der Waals surface area contributed by atoms with Crippen LogP contribution in [0.3, 0.4) is 0 Å². The second-order valence-electron chi connectivity index (χ2n) is 7.10. The summed E-state index contributed by atoms with van der Waals surface area (Å²) < 4.78 is 0. The highest BCUT2D eigenvalue weighted by Gasteiger charge is 2.43. The van der Waals surface area contributed by atoms with Gasteiger partial charge in [0.25, 0.3) is 0 Å². The molecule has 1 fully saturated rings. The lowest BCUT2D eigenvalue weighted by molar-refractivity contribution is -0.124. The van der Waals surface area contributed by atoms with Crippen LogP contribution < -0.4 is 10.6 Å². The summed E-state index contributed by atoms with van der Waals surface area (Å²) in [4.78, 5) is 26.0. The average Bonchev–Trinajstić information content (AvgIpc) is 3.36. The van der Waals surface area contributed by atoms with Crippen molar-refractivity contribution in [2.75, 3.05) is 25.5 Å². The topological polar surface area (TPSA) is 85.2 Å². The van der Waals surface area contributed by atoms with Gasteiger partial charge in [-0.2, -0.15) is 5.26 Å². The van der Waals surface area contributed by atoms with Gasteiger partial charge in [0.1, 0.15) is 5.54 Å². The van der Waals surface area contributed by atoms with E-state index in [1.807, 2.05) is 32.0 Å². The Hall–Kier alpha value is -2.39. The molecule has 0 radical (unpaired) electrons. The molecule has 1 atom stereocenters. The minimum Gasteiger partial charge on any atom is -0.337 e. The number of carbonyl (C=O) groups excluding carboxylic acids is 2. The van der Waals surface area contributed by atoms with Gasteiger partial charge in [0.15, 0.2) is 0 Å². The molecule has 25 heavy (non-hydrogen) atoms. The molecule has 134 valence electrons. The van der Waals surface area contributed by atoms with Gasteiger partial charge in [0.2, 0.25) is 11.8 Å². The van der Waals surface area contributed by atoms with Crippen LogP contribution in [-0.2, 0) is 9.59 Å². The Balaban J connectivity index is 1.84. The van der Waals surface area contributed by atoms with Crippen LogP contribution in [0.1, 0.15) is 30.9 Å². The Bertz CT molecular complexity index is 706. The number of aryl methyl sites for hydroxylation is 1. The number of rotatable bonds is 7. The number of likely N-dealkylation sites (N-methyl/N-ethyl adjacent to an activating group) is 1. The first-order chi connectivity index (χ1) is 11.7. The third-order valence-corrected chi connectivity index (χ3v) is 4.73. The van der Waals surface area contributed by atoms with E-state index in [0.717, 1.165) is 29.7 Å². The van der Waals surface area contributed by atoms with Crippen molar-refractivity contribution in [3.8, 4) is 6.07 Å². The fraction of sp³-hybridized carbons (Fsp3) is 0.526. The largest absolute Gasteiger partial charge is 0.337 e. The maximum atomic E-state index is 12.2. The maximum Gasteiger partial charge on any atom is 0.238 e. The van der Waals surface area contributed by atoms with E-state index >= 15 is 0 Å². The molecular weight excluding hydrogens is 316 g/mol. The summed E-state index contributed by atoms with van der Waals surface area (Å²) in [5.41, 5.74) is 2.12. The number of nitriles is 1. The maximum absolute atomic E-state index is 12.2. The normalized spacial score (nSPS) is 16.0. The summed E-state index contributed by atoms with van der Waals surface area (Å²) in [6.45, 7) is 5.89. The molecule has 2 rings (SSSR count). The Kier molecular flexibility index (Phi) is 5.81. The average molecular weight is 342 g/mol. The smallest absolute Gasteiger partial charge is 0.238 e. The predicted molar refractivity (Wildman–Crippen MR) is 96.9 cm³/mol. The molecular formula is C19H26N4O2. The van der Waals surface area contributed by atoms with Crippen molar-refractivity contribution in [3.05, 3.63) is 29.3 Å². The zero-order chi connectivity index (χ0) is 18.6. The lowest BCUT2D eigenvalue weighted by Gasteiger charge is -2.24. The van der Waals surface area contributed by atoms with E-state index in [2.05, 4.69) is 16.7 Å². The van der Waals surface area contributed by atoms with Crippen molar-refractivity contribution in [2.45, 2.75) is 39.2 Å². The molecule has 0 aromatic heterocycles.